The SMILES string of the molecule is CC(=O)C1C(=O)CC2CC3Cc4c(Cl)c(C5CCCN5CCF)cc(O)c4C(=O)C3C(=O)C2C1=O. The molecule has 1 heterocycles. The van der Waals surface area contributed by atoms with Crippen LogP contribution in [0.2, 0.25) is 5.02 Å². The van der Waals surface area contributed by atoms with E-state index in [2.05, 4.69) is 0 Å². The van der Waals surface area contributed by atoms with Gasteiger partial charge in [-0.1, -0.05) is 11.6 Å². The first-order valence-corrected chi connectivity index (χ1v) is 12.5. The van der Waals surface area contributed by atoms with Crippen LogP contribution in [0, 0.1) is 29.6 Å². The van der Waals surface area contributed by atoms with Gasteiger partial charge in [-0.15, -0.1) is 0 Å². The molecule has 6 unspecified atom stereocenters. The molecule has 1 N–H and O–H groups in total. The number of benzene rings is 1. The van der Waals surface area contributed by atoms with Crippen molar-refractivity contribution in [1.82, 2.24) is 4.90 Å². The minimum Gasteiger partial charge on any atom is -0.507 e. The van der Waals surface area contributed by atoms with E-state index in [4.69, 9.17) is 11.6 Å². The first-order chi connectivity index (χ1) is 16.6. The summed E-state index contributed by atoms with van der Waals surface area (Å²) in [4.78, 5) is 66.4. The third kappa shape index (κ3) is 3.68. The molecule has 186 valence electrons. The van der Waals surface area contributed by atoms with Gasteiger partial charge in [0.1, 0.15) is 24.1 Å². The summed E-state index contributed by atoms with van der Waals surface area (Å²) in [5, 5.41) is 11.2. The Labute approximate surface area is 207 Å². The van der Waals surface area contributed by atoms with Crippen molar-refractivity contribution in [2.24, 2.45) is 29.6 Å². The van der Waals surface area contributed by atoms with Crippen molar-refractivity contribution < 1.29 is 33.5 Å². The van der Waals surface area contributed by atoms with E-state index in [1.165, 1.54) is 6.07 Å². The van der Waals surface area contributed by atoms with Crippen LogP contribution in [0.3, 0.4) is 0 Å². The number of alkyl halides is 1. The molecule has 0 aromatic heterocycles. The summed E-state index contributed by atoms with van der Waals surface area (Å²) in [5.41, 5.74) is 1.12. The summed E-state index contributed by atoms with van der Waals surface area (Å²) >= 11 is 6.80. The number of hydrogen-bond acceptors (Lipinski definition) is 7. The maximum atomic E-state index is 13.6. The van der Waals surface area contributed by atoms with E-state index in [0.717, 1.165) is 19.8 Å². The normalized spacial score (nSPS) is 32.9. The molecule has 1 aliphatic heterocycles. The Morgan fingerprint density at radius 1 is 1.14 bits per heavy atom. The van der Waals surface area contributed by atoms with E-state index in [-0.39, 0.29) is 36.7 Å². The van der Waals surface area contributed by atoms with Crippen molar-refractivity contribution in [2.75, 3.05) is 19.8 Å². The number of hydrogen-bond donors (Lipinski definition) is 1. The van der Waals surface area contributed by atoms with Gasteiger partial charge in [-0.3, -0.25) is 28.9 Å². The van der Waals surface area contributed by atoms with E-state index in [1.54, 1.807) is 0 Å². The monoisotopic (exact) mass is 503 g/mol. The largest absolute Gasteiger partial charge is 0.507 e. The molecule has 3 aliphatic carbocycles. The quantitative estimate of drug-likeness (QED) is 0.629. The summed E-state index contributed by atoms with van der Waals surface area (Å²) in [7, 11) is 0. The van der Waals surface area contributed by atoms with Crippen molar-refractivity contribution >= 4 is 40.5 Å². The van der Waals surface area contributed by atoms with Crippen LogP contribution in [0.4, 0.5) is 4.39 Å². The molecule has 1 aromatic rings. The van der Waals surface area contributed by atoms with Crippen molar-refractivity contribution in [3.8, 4) is 5.75 Å². The van der Waals surface area contributed by atoms with Gasteiger partial charge in [0.15, 0.2) is 23.1 Å². The maximum Gasteiger partial charge on any atom is 0.177 e. The summed E-state index contributed by atoms with van der Waals surface area (Å²) < 4.78 is 13.1. The molecule has 3 fully saturated rings. The van der Waals surface area contributed by atoms with Gasteiger partial charge < -0.3 is 5.11 Å². The van der Waals surface area contributed by atoms with Crippen molar-refractivity contribution in [3.05, 3.63) is 27.8 Å². The number of carbonyl (C=O) groups excluding carboxylic acids is 5. The fraction of sp³-hybridized carbons (Fsp3) is 0.577. The summed E-state index contributed by atoms with van der Waals surface area (Å²) in [6, 6.07) is 1.28. The van der Waals surface area contributed by atoms with Gasteiger partial charge in [-0.25, -0.2) is 4.39 Å². The molecule has 7 nitrogen and oxygen atoms in total. The van der Waals surface area contributed by atoms with Crippen LogP contribution in [-0.4, -0.2) is 58.7 Å². The molecular formula is C26H27ClFNO6. The fourth-order valence-electron chi connectivity index (χ4n) is 6.98. The van der Waals surface area contributed by atoms with E-state index in [0.29, 0.717) is 29.1 Å². The second-order valence-corrected chi connectivity index (χ2v) is 10.7. The van der Waals surface area contributed by atoms with Gasteiger partial charge in [0.05, 0.1) is 17.4 Å². The first kappa shape index (κ1) is 24.3. The summed E-state index contributed by atoms with van der Waals surface area (Å²) in [5.74, 6) is -7.85. The molecule has 9 heteroatoms. The molecule has 6 atom stereocenters. The van der Waals surface area contributed by atoms with E-state index in [1.807, 2.05) is 4.90 Å². The van der Waals surface area contributed by atoms with E-state index in [9.17, 15) is 33.5 Å². The molecule has 5 rings (SSSR count). The van der Waals surface area contributed by atoms with Gasteiger partial charge in [0.25, 0.3) is 0 Å². The topological polar surface area (TPSA) is 109 Å². The van der Waals surface area contributed by atoms with Crippen LogP contribution in [-0.2, 0) is 25.6 Å². The molecule has 0 spiro atoms. The standard InChI is InChI=1S/C26H27ClFNO6/c1-11(30)19-17(31)9-13-7-12-8-15-22(26(35)20(12)25(34)21(13)24(19)33)18(32)10-14(23(15)27)16-3-2-5-29(16)6-4-28/h10,12-13,16,19-21,32H,2-9H2,1H3. The molecule has 0 bridgehead atoms. The highest BCUT2D eigenvalue weighted by Gasteiger charge is 2.57. The van der Waals surface area contributed by atoms with E-state index >= 15 is 0 Å². The Kier molecular flexibility index (Phi) is 6.16. The minimum atomic E-state index is -1.44. The molecular weight excluding hydrogens is 477 g/mol. The van der Waals surface area contributed by atoms with Crippen LogP contribution in [0.15, 0.2) is 6.07 Å². The lowest BCUT2D eigenvalue weighted by molar-refractivity contribution is -0.152. The molecule has 1 saturated heterocycles. The number of halogens is 2. The second-order valence-electron chi connectivity index (χ2n) is 10.3. The number of phenolic OH excluding ortho intramolecular Hbond substituents is 1. The van der Waals surface area contributed by atoms with Gasteiger partial charge in [-0.05, 0) is 68.2 Å². The van der Waals surface area contributed by atoms with Crippen LogP contribution in [0.1, 0.15) is 60.1 Å². The first-order valence-electron chi connectivity index (χ1n) is 12.1. The van der Waals surface area contributed by atoms with E-state index < -0.39 is 65.2 Å². The number of carbonyl (C=O) groups is 5. The zero-order chi connectivity index (χ0) is 25.2. The van der Waals surface area contributed by atoms with Crippen LogP contribution in [0.5, 0.6) is 5.75 Å². The highest BCUT2D eigenvalue weighted by molar-refractivity contribution is 6.34. The molecule has 4 aliphatic rings. The number of fused-ring (bicyclic) bond motifs is 3. The molecule has 0 radical (unpaired) electrons. The summed E-state index contributed by atoms with van der Waals surface area (Å²) in [6.45, 7) is 1.63. The Morgan fingerprint density at radius 3 is 2.54 bits per heavy atom. The molecule has 0 amide bonds. The number of Topliss-reactive ketones (excluding diaryl/α,β-unsaturated/α-hetero) is 5. The number of ketones is 5. The van der Waals surface area contributed by atoms with Crippen LogP contribution in [0.25, 0.3) is 0 Å². The predicted octanol–water partition coefficient (Wildman–Crippen LogP) is 3.08. The average Bonchev–Trinajstić information content (AvgIpc) is 3.23. The Bertz CT molecular complexity index is 1160. The average molecular weight is 504 g/mol. The van der Waals surface area contributed by atoms with Crippen LogP contribution >= 0.6 is 11.6 Å². The number of aromatic hydroxyl groups is 1. The molecule has 35 heavy (non-hydrogen) atoms. The zero-order valence-corrected chi connectivity index (χ0v) is 20.1. The Hall–Kier alpha value is -2.45. The minimum absolute atomic E-state index is 0.00397. The maximum absolute atomic E-state index is 13.6. The van der Waals surface area contributed by atoms with Crippen molar-refractivity contribution in [2.45, 2.75) is 45.1 Å². The third-order valence-electron chi connectivity index (χ3n) is 8.40. The van der Waals surface area contributed by atoms with Crippen molar-refractivity contribution in [3.63, 3.8) is 0 Å². The smallest absolute Gasteiger partial charge is 0.177 e. The second kappa shape index (κ2) is 8.89. The van der Waals surface area contributed by atoms with Gasteiger partial charge >= 0.3 is 0 Å². The number of phenols is 1. The summed E-state index contributed by atoms with van der Waals surface area (Å²) in [6.07, 6.45) is 2.14. The predicted molar refractivity (Wildman–Crippen MR) is 123 cm³/mol. The number of likely N-dealkylation sites (tertiary alicyclic amines) is 1. The molecule has 2 saturated carbocycles. The van der Waals surface area contributed by atoms with Gasteiger partial charge in [-0.2, -0.15) is 0 Å². The Balaban J connectivity index is 1.52. The van der Waals surface area contributed by atoms with Crippen molar-refractivity contribution in [1.29, 1.82) is 0 Å². The lowest BCUT2D eigenvalue weighted by Gasteiger charge is -2.44. The van der Waals surface area contributed by atoms with Gasteiger partial charge in [0.2, 0.25) is 0 Å². The number of nitrogens with zero attached hydrogens (tertiary/aromatic N) is 1. The lowest BCUT2D eigenvalue weighted by Crippen LogP contribution is -2.55. The lowest BCUT2D eigenvalue weighted by atomic mass is 9.56. The van der Waals surface area contributed by atoms with Crippen LogP contribution < -0.4 is 0 Å². The van der Waals surface area contributed by atoms with Gasteiger partial charge in [0, 0.05) is 24.0 Å². The fourth-order valence-corrected chi connectivity index (χ4v) is 7.33. The molecule has 1 aromatic carbocycles. The highest BCUT2D eigenvalue weighted by Crippen LogP contribution is 2.51. The number of rotatable bonds is 4. The zero-order valence-electron chi connectivity index (χ0n) is 19.4. The Morgan fingerprint density at radius 2 is 1.86 bits per heavy atom. The third-order valence-corrected chi connectivity index (χ3v) is 8.85. The highest BCUT2D eigenvalue weighted by atomic mass is 35.5.